The van der Waals surface area contributed by atoms with Gasteiger partial charge in [-0.25, -0.2) is 0 Å². The third-order valence-corrected chi connectivity index (χ3v) is 5.05. The van der Waals surface area contributed by atoms with Crippen LogP contribution in [-0.2, 0) is 4.79 Å². The number of amides is 1. The van der Waals surface area contributed by atoms with Gasteiger partial charge in [0, 0.05) is 6.54 Å². The first-order valence-corrected chi connectivity index (χ1v) is 7.96. The average Bonchev–Trinajstić information content (AvgIpc) is 3.06. The molecule has 1 saturated heterocycles. The highest BCUT2D eigenvalue weighted by molar-refractivity contribution is 5.84. The van der Waals surface area contributed by atoms with Gasteiger partial charge in [0.25, 0.3) is 0 Å². The largest absolute Gasteiger partial charge is 0.325 e. The zero-order valence-corrected chi connectivity index (χ0v) is 13.2. The molecule has 0 aromatic carbocycles. The minimum absolute atomic E-state index is 0.0490. The van der Waals surface area contributed by atoms with Gasteiger partial charge in [-0.1, -0.05) is 34.6 Å². The summed E-state index contributed by atoms with van der Waals surface area (Å²) >= 11 is 0. The minimum Gasteiger partial charge on any atom is -0.325 e. The van der Waals surface area contributed by atoms with Crippen molar-refractivity contribution in [3.8, 4) is 0 Å². The van der Waals surface area contributed by atoms with Crippen LogP contribution in [0.15, 0.2) is 0 Å². The lowest BCUT2D eigenvalue weighted by Crippen LogP contribution is -2.41. The summed E-state index contributed by atoms with van der Waals surface area (Å²) in [6.45, 7) is 12.1. The first kappa shape index (κ1) is 14.8. The van der Waals surface area contributed by atoms with E-state index in [-0.39, 0.29) is 12.2 Å². The van der Waals surface area contributed by atoms with E-state index in [0.717, 1.165) is 19.4 Å². The number of nitrogens with zero attached hydrogens (tertiary/aromatic N) is 1. The van der Waals surface area contributed by atoms with E-state index in [1.165, 1.54) is 12.8 Å². The maximum absolute atomic E-state index is 12.6. The Labute approximate surface area is 118 Å². The topological polar surface area (TPSA) is 32.3 Å². The van der Waals surface area contributed by atoms with Crippen molar-refractivity contribution in [3.05, 3.63) is 0 Å². The molecule has 0 spiro atoms. The Bertz CT molecular complexity index is 334. The van der Waals surface area contributed by atoms with Crippen molar-refractivity contribution >= 4 is 5.91 Å². The Morgan fingerprint density at radius 2 is 1.95 bits per heavy atom. The molecule has 0 aromatic heterocycles. The van der Waals surface area contributed by atoms with Crippen LogP contribution in [0.5, 0.6) is 0 Å². The van der Waals surface area contributed by atoms with Gasteiger partial charge in [0.2, 0.25) is 5.91 Å². The number of hydrogen-bond acceptors (Lipinski definition) is 2. The fourth-order valence-electron chi connectivity index (χ4n) is 3.33. The number of hydrogen-bond donors (Lipinski definition) is 1. The normalized spacial score (nSPS) is 29.6. The van der Waals surface area contributed by atoms with E-state index in [0.29, 0.717) is 23.2 Å². The smallest absolute Gasteiger partial charge is 0.241 e. The van der Waals surface area contributed by atoms with Crippen molar-refractivity contribution in [1.82, 2.24) is 10.2 Å². The van der Waals surface area contributed by atoms with Gasteiger partial charge in [-0.3, -0.25) is 10.1 Å². The van der Waals surface area contributed by atoms with E-state index in [1.54, 1.807) is 0 Å². The zero-order valence-electron chi connectivity index (χ0n) is 13.2. The standard InChI is InChI=1S/C16H30N2O/c1-6-14-17-13(9-11(2)3)15(19)18(14)10-16(7-8-16)12(4)5/h11-14,17H,6-10H2,1-5H3. The summed E-state index contributed by atoms with van der Waals surface area (Å²) in [6, 6.07) is 0.0490. The van der Waals surface area contributed by atoms with Crippen LogP contribution in [0.25, 0.3) is 0 Å². The molecular weight excluding hydrogens is 236 g/mol. The fraction of sp³-hybridized carbons (Fsp3) is 0.938. The lowest BCUT2D eigenvalue weighted by Gasteiger charge is -2.30. The number of rotatable bonds is 6. The molecule has 1 aliphatic carbocycles. The second kappa shape index (κ2) is 5.43. The van der Waals surface area contributed by atoms with Crippen molar-refractivity contribution in [3.63, 3.8) is 0 Å². The fourth-order valence-corrected chi connectivity index (χ4v) is 3.33. The van der Waals surface area contributed by atoms with Gasteiger partial charge in [0.05, 0.1) is 12.2 Å². The SMILES string of the molecule is CCC1NC(CC(C)C)C(=O)N1CC1(C(C)C)CC1. The molecule has 0 bridgehead atoms. The second-order valence-corrected chi connectivity index (χ2v) is 7.26. The maximum atomic E-state index is 12.6. The number of carbonyl (C=O) groups is 1. The van der Waals surface area contributed by atoms with Gasteiger partial charge >= 0.3 is 0 Å². The van der Waals surface area contributed by atoms with Gasteiger partial charge in [-0.05, 0) is 42.9 Å². The predicted octanol–water partition coefficient (Wildman–Crippen LogP) is 3.01. The first-order valence-electron chi connectivity index (χ1n) is 7.96. The quantitative estimate of drug-likeness (QED) is 0.801. The lowest BCUT2D eigenvalue weighted by atomic mass is 9.91. The van der Waals surface area contributed by atoms with Crippen LogP contribution in [0.2, 0.25) is 0 Å². The van der Waals surface area contributed by atoms with Crippen molar-refractivity contribution in [2.24, 2.45) is 17.3 Å². The summed E-state index contributed by atoms with van der Waals surface area (Å²) < 4.78 is 0. The predicted molar refractivity (Wildman–Crippen MR) is 78.7 cm³/mol. The summed E-state index contributed by atoms with van der Waals surface area (Å²) in [7, 11) is 0. The van der Waals surface area contributed by atoms with E-state index >= 15 is 0 Å². The highest BCUT2D eigenvalue weighted by Crippen LogP contribution is 2.52. The van der Waals surface area contributed by atoms with E-state index < -0.39 is 0 Å². The molecule has 3 heteroatoms. The van der Waals surface area contributed by atoms with Crippen molar-refractivity contribution < 1.29 is 4.79 Å². The molecule has 110 valence electrons. The van der Waals surface area contributed by atoms with E-state index in [2.05, 4.69) is 44.8 Å². The van der Waals surface area contributed by atoms with Crippen LogP contribution in [0.4, 0.5) is 0 Å². The molecule has 1 aliphatic heterocycles. The summed E-state index contributed by atoms with van der Waals surface area (Å²) in [4.78, 5) is 14.7. The van der Waals surface area contributed by atoms with Gasteiger partial charge in [0.15, 0.2) is 0 Å². The Kier molecular flexibility index (Phi) is 4.24. The molecule has 1 heterocycles. The van der Waals surface area contributed by atoms with Crippen LogP contribution < -0.4 is 5.32 Å². The van der Waals surface area contributed by atoms with Crippen LogP contribution in [0.3, 0.4) is 0 Å². The van der Waals surface area contributed by atoms with Gasteiger partial charge in [0.1, 0.15) is 0 Å². The number of carbonyl (C=O) groups excluding carboxylic acids is 1. The van der Waals surface area contributed by atoms with Crippen LogP contribution in [0.1, 0.15) is 60.3 Å². The maximum Gasteiger partial charge on any atom is 0.241 e. The molecule has 1 N–H and O–H groups in total. The molecule has 3 nitrogen and oxygen atoms in total. The Morgan fingerprint density at radius 1 is 1.32 bits per heavy atom. The highest BCUT2D eigenvalue weighted by Gasteiger charge is 2.50. The first-order chi connectivity index (χ1) is 8.89. The summed E-state index contributed by atoms with van der Waals surface area (Å²) in [6.07, 6.45) is 4.81. The van der Waals surface area contributed by atoms with Crippen molar-refractivity contribution in [2.75, 3.05) is 6.54 Å². The lowest BCUT2D eigenvalue weighted by molar-refractivity contribution is -0.131. The van der Waals surface area contributed by atoms with Crippen LogP contribution in [-0.4, -0.2) is 29.6 Å². The van der Waals surface area contributed by atoms with E-state index in [1.807, 2.05) is 0 Å². The molecule has 0 radical (unpaired) electrons. The van der Waals surface area contributed by atoms with E-state index in [9.17, 15) is 4.79 Å². The summed E-state index contributed by atoms with van der Waals surface area (Å²) in [5.41, 5.74) is 0.414. The summed E-state index contributed by atoms with van der Waals surface area (Å²) in [5, 5.41) is 3.54. The van der Waals surface area contributed by atoms with Gasteiger partial charge < -0.3 is 4.90 Å². The molecule has 0 aromatic rings. The minimum atomic E-state index is 0.0490. The second-order valence-electron chi connectivity index (χ2n) is 7.26. The molecule has 1 saturated carbocycles. The van der Waals surface area contributed by atoms with Crippen molar-refractivity contribution in [2.45, 2.75) is 72.5 Å². The van der Waals surface area contributed by atoms with Crippen LogP contribution in [0, 0.1) is 17.3 Å². The summed E-state index contributed by atoms with van der Waals surface area (Å²) in [5.74, 6) is 1.59. The highest BCUT2D eigenvalue weighted by atomic mass is 16.2. The molecule has 2 unspecified atom stereocenters. The third-order valence-electron chi connectivity index (χ3n) is 5.05. The Hall–Kier alpha value is -0.570. The monoisotopic (exact) mass is 266 g/mol. The Balaban J connectivity index is 2.04. The average molecular weight is 266 g/mol. The van der Waals surface area contributed by atoms with E-state index in [4.69, 9.17) is 0 Å². The molecule has 2 rings (SSSR count). The molecule has 2 atom stereocenters. The third kappa shape index (κ3) is 2.96. The Morgan fingerprint density at radius 3 is 2.37 bits per heavy atom. The van der Waals surface area contributed by atoms with Gasteiger partial charge in [-0.2, -0.15) is 0 Å². The van der Waals surface area contributed by atoms with Crippen LogP contribution >= 0.6 is 0 Å². The molecule has 1 amide bonds. The molecule has 19 heavy (non-hydrogen) atoms. The molecule has 2 fully saturated rings. The van der Waals surface area contributed by atoms with Crippen molar-refractivity contribution in [1.29, 1.82) is 0 Å². The zero-order chi connectivity index (χ0) is 14.2. The number of nitrogens with one attached hydrogen (secondary N) is 1. The van der Waals surface area contributed by atoms with Gasteiger partial charge in [-0.15, -0.1) is 0 Å². The molecule has 2 aliphatic rings. The molecular formula is C16H30N2O.